The number of nitrogens with one attached hydrogen (secondary N) is 1. The first-order chi connectivity index (χ1) is 10.5. The minimum Gasteiger partial charge on any atom is -0.399 e. The third-order valence-corrected chi connectivity index (χ3v) is 3.80. The highest BCUT2D eigenvalue weighted by Gasteiger charge is 2.12. The molecular weight excluding hydrogens is 304 g/mol. The molecule has 0 atom stereocenters. The zero-order valence-electron chi connectivity index (χ0n) is 11.4. The SMILES string of the molecule is NC(=NS(=O)(=O)c1ccc(N)cc1)N/N=C/c1ccncc1. The molecule has 0 bridgehead atoms. The van der Waals surface area contributed by atoms with E-state index in [4.69, 9.17) is 11.5 Å². The van der Waals surface area contributed by atoms with Gasteiger partial charge in [-0.3, -0.25) is 4.98 Å². The molecule has 0 unspecified atom stereocenters. The number of hydrogen-bond acceptors (Lipinski definition) is 5. The first kappa shape index (κ1) is 15.4. The van der Waals surface area contributed by atoms with Crippen LogP contribution in [0.2, 0.25) is 0 Å². The van der Waals surface area contributed by atoms with Crippen LogP contribution in [0.15, 0.2) is 63.2 Å². The maximum Gasteiger partial charge on any atom is 0.285 e. The summed E-state index contributed by atoms with van der Waals surface area (Å²) in [5.41, 5.74) is 14.6. The van der Waals surface area contributed by atoms with Crippen molar-refractivity contribution in [3.05, 3.63) is 54.4 Å². The predicted octanol–water partition coefficient (Wildman–Crippen LogP) is 0.291. The number of nitrogen functional groups attached to an aromatic ring is 1. The van der Waals surface area contributed by atoms with Gasteiger partial charge in [0.1, 0.15) is 0 Å². The lowest BCUT2D eigenvalue weighted by Gasteiger charge is -2.02. The van der Waals surface area contributed by atoms with Gasteiger partial charge in [-0.2, -0.15) is 13.5 Å². The molecule has 0 saturated carbocycles. The van der Waals surface area contributed by atoms with Gasteiger partial charge in [0.2, 0.25) is 5.96 Å². The Morgan fingerprint density at radius 2 is 1.77 bits per heavy atom. The molecule has 0 aliphatic carbocycles. The molecule has 0 aliphatic rings. The smallest absolute Gasteiger partial charge is 0.285 e. The number of hydrazone groups is 1. The van der Waals surface area contributed by atoms with Gasteiger partial charge in [0.05, 0.1) is 11.1 Å². The number of rotatable bonds is 4. The molecule has 1 aromatic carbocycles. The van der Waals surface area contributed by atoms with E-state index in [-0.39, 0.29) is 10.9 Å². The number of sulfonamides is 1. The molecule has 22 heavy (non-hydrogen) atoms. The maximum atomic E-state index is 12.0. The molecule has 0 spiro atoms. The van der Waals surface area contributed by atoms with Crippen LogP contribution in [0.1, 0.15) is 5.56 Å². The van der Waals surface area contributed by atoms with Crippen molar-refractivity contribution in [2.45, 2.75) is 4.90 Å². The van der Waals surface area contributed by atoms with Crippen molar-refractivity contribution in [3.8, 4) is 0 Å². The molecule has 9 heteroatoms. The van der Waals surface area contributed by atoms with Crippen LogP contribution in [0, 0.1) is 0 Å². The lowest BCUT2D eigenvalue weighted by Crippen LogP contribution is -2.28. The fourth-order valence-corrected chi connectivity index (χ4v) is 2.35. The van der Waals surface area contributed by atoms with Crippen LogP contribution in [-0.2, 0) is 10.0 Å². The molecule has 0 aliphatic heterocycles. The Morgan fingerprint density at radius 1 is 1.14 bits per heavy atom. The molecule has 1 heterocycles. The average Bonchev–Trinajstić information content (AvgIpc) is 2.48. The number of aromatic nitrogens is 1. The Kier molecular flexibility index (Phi) is 4.69. The summed E-state index contributed by atoms with van der Waals surface area (Å²) < 4.78 is 27.4. The van der Waals surface area contributed by atoms with Crippen molar-refractivity contribution in [1.29, 1.82) is 0 Å². The van der Waals surface area contributed by atoms with Crippen LogP contribution >= 0.6 is 0 Å². The van der Waals surface area contributed by atoms with Gasteiger partial charge in [0.25, 0.3) is 10.0 Å². The zero-order valence-corrected chi connectivity index (χ0v) is 12.2. The molecule has 0 fully saturated rings. The third kappa shape index (κ3) is 4.28. The molecule has 0 saturated heterocycles. The van der Waals surface area contributed by atoms with Crippen LogP contribution < -0.4 is 16.9 Å². The van der Waals surface area contributed by atoms with E-state index in [0.29, 0.717) is 5.69 Å². The van der Waals surface area contributed by atoms with Crippen LogP contribution in [0.4, 0.5) is 5.69 Å². The second kappa shape index (κ2) is 6.68. The summed E-state index contributed by atoms with van der Waals surface area (Å²) in [5.74, 6) is -0.345. The average molecular weight is 318 g/mol. The van der Waals surface area contributed by atoms with Gasteiger partial charge in [0, 0.05) is 18.1 Å². The largest absolute Gasteiger partial charge is 0.399 e. The number of guanidine groups is 1. The van der Waals surface area contributed by atoms with Crippen LogP contribution in [0.3, 0.4) is 0 Å². The molecule has 0 amide bonds. The molecule has 114 valence electrons. The molecule has 0 radical (unpaired) electrons. The van der Waals surface area contributed by atoms with Crippen LogP contribution in [0.5, 0.6) is 0 Å². The van der Waals surface area contributed by atoms with Gasteiger partial charge >= 0.3 is 0 Å². The molecule has 2 aromatic rings. The standard InChI is InChI=1S/C13H14N6O2S/c14-11-1-3-12(4-2-11)22(20,21)19-13(15)18-17-9-10-5-7-16-8-6-10/h1-9H,14H2,(H3,15,18,19)/b17-9+. The first-order valence-corrected chi connectivity index (χ1v) is 7.56. The van der Waals surface area contributed by atoms with E-state index in [1.54, 1.807) is 24.5 Å². The summed E-state index contributed by atoms with van der Waals surface area (Å²) in [6.07, 6.45) is 4.66. The summed E-state index contributed by atoms with van der Waals surface area (Å²) in [6, 6.07) is 9.08. The molecule has 2 rings (SSSR count). The van der Waals surface area contributed by atoms with Gasteiger partial charge in [-0.15, -0.1) is 4.40 Å². The van der Waals surface area contributed by atoms with Gasteiger partial charge in [-0.05, 0) is 42.0 Å². The highest BCUT2D eigenvalue weighted by atomic mass is 32.2. The Labute approximate surface area is 127 Å². The van der Waals surface area contributed by atoms with E-state index in [0.717, 1.165) is 5.56 Å². The third-order valence-electron chi connectivity index (χ3n) is 2.50. The predicted molar refractivity (Wildman–Crippen MR) is 84.6 cm³/mol. The second-order valence-electron chi connectivity index (χ2n) is 4.17. The number of benzene rings is 1. The number of anilines is 1. The highest BCUT2D eigenvalue weighted by Crippen LogP contribution is 2.13. The number of hydrogen-bond donors (Lipinski definition) is 3. The summed E-state index contributed by atoms with van der Waals surface area (Å²) in [6.45, 7) is 0. The second-order valence-corrected chi connectivity index (χ2v) is 5.78. The quantitative estimate of drug-likeness (QED) is 0.321. The van der Waals surface area contributed by atoms with E-state index >= 15 is 0 Å². The Balaban J connectivity index is 2.08. The Morgan fingerprint density at radius 3 is 2.41 bits per heavy atom. The molecular formula is C13H14N6O2S. The summed E-state index contributed by atoms with van der Waals surface area (Å²) >= 11 is 0. The summed E-state index contributed by atoms with van der Waals surface area (Å²) in [7, 11) is -3.91. The Bertz CT molecular complexity index is 785. The van der Waals surface area contributed by atoms with E-state index in [1.165, 1.54) is 30.5 Å². The van der Waals surface area contributed by atoms with E-state index in [1.807, 2.05) is 0 Å². The van der Waals surface area contributed by atoms with Crippen molar-refractivity contribution in [3.63, 3.8) is 0 Å². The van der Waals surface area contributed by atoms with Gasteiger partial charge in [-0.1, -0.05) is 0 Å². The van der Waals surface area contributed by atoms with Crippen LogP contribution in [0.25, 0.3) is 0 Å². The molecule has 8 nitrogen and oxygen atoms in total. The fourth-order valence-electron chi connectivity index (χ4n) is 1.46. The highest BCUT2D eigenvalue weighted by molar-refractivity contribution is 7.90. The van der Waals surface area contributed by atoms with E-state index in [9.17, 15) is 8.42 Å². The maximum absolute atomic E-state index is 12.0. The number of nitrogens with two attached hydrogens (primary N) is 2. The normalized spacial score (nSPS) is 12.5. The van der Waals surface area contributed by atoms with E-state index in [2.05, 4.69) is 19.9 Å². The first-order valence-electron chi connectivity index (χ1n) is 6.12. The minimum atomic E-state index is -3.91. The summed E-state index contributed by atoms with van der Waals surface area (Å²) in [5, 5.41) is 3.79. The van der Waals surface area contributed by atoms with Gasteiger partial charge in [-0.25, -0.2) is 5.43 Å². The van der Waals surface area contributed by atoms with Gasteiger partial charge in [0.15, 0.2) is 0 Å². The topological polar surface area (TPSA) is 136 Å². The van der Waals surface area contributed by atoms with Gasteiger partial charge < -0.3 is 11.5 Å². The molecule has 1 aromatic heterocycles. The number of pyridine rings is 1. The zero-order chi connectivity index (χ0) is 16.0. The monoisotopic (exact) mass is 318 g/mol. The number of nitrogens with zero attached hydrogens (tertiary/aromatic N) is 3. The van der Waals surface area contributed by atoms with Crippen molar-refractivity contribution in [2.75, 3.05) is 5.73 Å². The lowest BCUT2D eigenvalue weighted by molar-refractivity contribution is 0.597. The van der Waals surface area contributed by atoms with Crippen molar-refractivity contribution < 1.29 is 8.42 Å². The Hall–Kier alpha value is -2.94. The lowest BCUT2D eigenvalue weighted by atomic mass is 10.3. The molecule has 5 N–H and O–H groups in total. The van der Waals surface area contributed by atoms with Crippen molar-refractivity contribution >= 4 is 27.9 Å². The van der Waals surface area contributed by atoms with E-state index < -0.39 is 10.0 Å². The van der Waals surface area contributed by atoms with Crippen molar-refractivity contribution in [1.82, 2.24) is 10.4 Å². The summed E-state index contributed by atoms with van der Waals surface area (Å²) in [4.78, 5) is 3.85. The van der Waals surface area contributed by atoms with Crippen LogP contribution in [-0.4, -0.2) is 25.6 Å². The fraction of sp³-hybridized carbons (Fsp3) is 0. The minimum absolute atomic E-state index is 0.00966. The van der Waals surface area contributed by atoms with Crippen molar-refractivity contribution in [2.24, 2.45) is 15.2 Å².